The molecule has 1 saturated heterocycles. The van der Waals surface area contributed by atoms with E-state index < -0.39 is 5.97 Å². The lowest BCUT2D eigenvalue weighted by atomic mass is 9.95. The van der Waals surface area contributed by atoms with Crippen molar-refractivity contribution in [2.45, 2.75) is 19.4 Å². The average Bonchev–Trinajstić information content (AvgIpc) is 2.72. The van der Waals surface area contributed by atoms with Gasteiger partial charge in [0, 0.05) is 25.6 Å². The van der Waals surface area contributed by atoms with Crippen LogP contribution in [0, 0.1) is 5.92 Å². The molecule has 1 amide bonds. The van der Waals surface area contributed by atoms with Gasteiger partial charge in [0.05, 0.1) is 7.11 Å². The molecule has 2 N–H and O–H groups in total. The molecule has 7 heteroatoms. The third kappa shape index (κ3) is 4.75. The smallest absolute Gasteiger partial charge is 0.354 e. The van der Waals surface area contributed by atoms with E-state index in [1.165, 1.54) is 6.07 Å². The summed E-state index contributed by atoms with van der Waals surface area (Å²) in [5.74, 6) is 0.412. The number of anilines is 1. The standard InChI is InChI=1S/C20H23N3O4/c1-27-16-7-5-14(6-8-16)13-21-19(24)15-9-11-23(12-10-15)18-4-2-3-17(22-18)20(25)26/h2-8,15H,9-13H2,1H3,(H,21,24)(H,25,26). The normalized spacial score (nSPS) is 14.6. The Morgan fingerprint density at radius 2 is 1.89 bits per heavy atom. The molecule has 1 fully saturated rings. The summed E-state index contributed by atoms with van der Waals surface area (Å²) in [5, 5.41) is 12.1. The summed E-state index contributed by atoms with van der Waals surface area (Å²) in [7, 11) is 1.62. The summed E-state index contributed by atoms with van der Waals surface area (Å²) in [4.78, 5) is 29.7. The molecule has 3 rings (SSSR count). The van der Waals surface area contributed by atoms with E-state index in [0.717, 1.165) is 11.3 Å². The molecule has 142 valence electrons. The number of ether oxygens (including phenoxy) is 1. The van der Waals surface area contributed by atoms with Gasteiger partial charge < -0.3 is 20.1 Å². The first kappa shape index (κ1) is 18.7. The fourth-order valence-electron chi connectivity index (χ4n) is 3.17. The van der Waals surface area contributed by atoms with Crippen LogP contribution >= 0.6 is 0 Å². The number of hydrogen-bond acceptors (Lipinski definition) is 5. The first-order chi connectivity index (χ1) is 13.1. The maximum absolute atomic E-state index is 12.4. The average molecular weight is 369 g/mol. The second-order valence-corrected chi connectivity index (χ2v) is 6.51. The number of carboxylic acid groups (broad SMARTS) is 1. The van der Waals surface area contributed by atoms with E-state index in [4.69, 9.17) is 9.84 Å². The van der Waals surface area contributed by atoms with Crippen molar-refractivity contribution in [3.63, 3.8) is 0 Å². The highest BCUT2D eigenvalue weighted by Gasteiger charge is 2.25. The van der Waals surface area contributed by atoms with Crippen LogP contribution in [0.5, 0.6) is 5.75 Å². The van der Waals surface area contributed by atoms with Crippen molar-refractivity contribution in [3.05, 3.63) is 53.7 Å². The minimum atomic E-state index is -1.04. The zero-order valence-corrected chi connectivity index (χ0v) is 15.2. The Hall–Kier alpha value is -3.09. The molecule has 7 nitrogen and oxygen atoms in total. The van der Waals surface area contributed by atoms with Gasteiger partial charge in [-0.25, -0.2) is 9.78 Å². The van der Waals surface area contributed by atoms with Gasteiger partial charge in [0.2, 0.25) is 5.91 Å². The third-order valence-corrected chi connectivity index (χ3v) is 4.77. The Kier molecular flexibility index (Phi) is 5.90. The van der Waals surface area contributed by atoms with Gasteiger partial charge in [0.25, 0.3) is 0 Å². The van der Waals surface area contributed by atoms with Crippen LogP contribution in [0.15, 0.2) is 42.5 Å². The van der Waals surface area contributed by atoms with Crippen molar-refractivity contribution >= 4 is 17.7 Å². The van der Waals surface area contributed by atoms with Crippen molar-refractivity contribution in [1.82, 2.24) is 10.3 Å². The molecule has 0 spiro atoms. The number of aromatic nitrogens is 1. The fraction of sp³-hybridized carbons (Fsp3) is 0.350. The van der Waals surface area contributed by atoms with Gasteiger partial charge >= 0.3 is 5.97 Å². The van der Waals surface area contributed by atoms with Crippen LogP contribution in [0.4, 0.5) is 5.82 Å². The van der Waals surface area contributed by atoms with Crippen molar-refractivity contribution in [2.75, 3.05) is 25.1 Å². The van der Waals surface area contributed by atoms with Crippen LogP contribution in [-0.2, 0) is 11.3 Å². The molecule has 1 aromatic carbocycles. The Balaban J connectivity index is 1.50. The third-order valence-electron chi connectivity index (χ3n) is 4.77. The van der Waals surface area contributed by atoms with Crippen LogP contribution in [0.2, 0.25) is 0 Å². The minimum Gasteiger partial charge on any atom is -0.497 e. The first-order valence-electron chi connectivity index (χ1n) is 8.93. The molecule has 0 radical (unpaired) electrons. The number of benzene rings is 1. The highest BCUT2D eigenvalue weighted by molar-refractivity contribution is 5.85. The SMILES string of the molecule is COc1ccc(CNC(=O)C2CCN(c3cccc(C(=O)O)n3)CC2)cc1. The lowest BCUT2D eigenvalue weighted by Crippen LogP contribution is -2.40. The molecule has 27 heavy (non-hydrogen) atoms. The van der Waals surface area contributed by atoms with Crippen LogP contribution in [-0.4, -0.2) is 42.2 Å². The largest absolute Gasteiger partial charge is 0.497 e. The van der Waals surface area contributed by atoms with E-state index in [-0.39, 0.29) is 17.5 Å². The maximum atomic E-state index is 12.4. The number of rotatable bonds is 6. The topological polar surface area (TPSA) is 91.8 Å². The summed E-state index contributed by atoms with van der Waals surface area (Å²) >= 11 is 0. The number of piperidine rings is 1. The van der Waals surface area contributed by atoms with E-state index in [1.54, 1.807) is 19.2 Å². The number of hydrogen-bond donors (Lipinski definition) is 2. The van der Waals surface area contributed by atoms with Crippen LogP contribution in [0.3, 0.4) is 0 Å². The summed E-state index contributed by atoms with van der Waals surface area (Å²) in [6, 6.07) is 12.6. The number of nitrogens with zero attached hydrogens (tertiary/aromatic N) is 2. The Morgan fingerprint density at radius 1 is 1.19 bits per heavy atom. The van der Waals surface area contributed by atoms with Gasteiger partial charge in [-0.3, -0.25) is 4.79 Å². The molecule has 0 bridgehead atoms. The molecule has 1 aliphatic rings. The number of aromatic carboxylic acids is 1. The van der Waals surface area contributed by atoms with Crippen LogP contribution in [0.25, 0.3) is 0 Å². The second-order valence-electron chi connectivity index (χ2n) is 6.51. The van der Waals surface area contributed by atoms with Crippen LogP contribution < -0.4 is 15.0 Å². The number of carbonyl (C=O) groups is 2. The molecule has 1 aromatic heterocycles. The molecule has 2 aromatic rings. The summed E-state index contributed by atoms with van der Waals surface area (Å²) in [6.07, 6.45) is 1.43. The lowest BCUT2D eigenvalue weighted by molar-refractivity contribution is -0.125. The Labute approximate surface area is 158 Å². The minimum absolute atomic E-state index is 0.0341. The van der Waals surface area contributed by atoms with Gasteiger partial charge in [-0.2, -0.15) is 0 Å². The quantitative estimate of drug-likeness (QED) is 0.812. The highest BCUT2D eigenvalue weighted by Crippen LogP contribution is 2.22. The number of carbonyl (C=O) groups excluding carboxylic acids is 1. The zero-order valence-electron chi connectivity index (χ0n) is 15.2. The number of carboxylic acids is 1. The highest BCUT2D eigenvalue weighted by atomic mass is 16.5. The van der Waals surface area contributed by atoms with Crippen molar-refractivity contribution in [2.24, 2.45) is 5.92 Å². The zero-order chi connectivity index (χ0) is 19.2. The molecular formula is C20H23N3O4. The molecule has 2 heterocycles. The molecule has 0 aliphatic carbocycles. The van der Waals surface area contributed by atoms with Crippen molar-refractivity contribution in [3.8, 4) is 5.75 Å². The van der Waals surface area contributed by atoms with Gasteiger partial charge in [-0.05, 0) is 42.7 Å². The van der Waals surface area contributed by atoms with Gasteiger partial charge in [0.15, 0.2) is 5.69 Å². The number of pyridine rings is 1. The van der Waals surface area contributed by atoms with Crippen molar-refractivity contribution < 1.29 is 19.4 Å². The summed E-state index contributed by atoms with van der Waals surface area (Å²) in [6.45, 7) is 1.85. The first-order valence-corrected chi connectivity index (χ1v) is 8.93. The predicted octanol–water partition coefficient (Wildman–Crippen LogP) is 2.32. The lowest BCUT2D eigenvalue weighted by Gasteiger charge is -2.32. The monoisotopic (exact) mass is 369 g/mol. The van der Waals surface area contributed by atoms with E-state index >= 15 is 0 Å². The van der Waals surface area contributed by atoms with E-state index in [1.807, 2.05) is 29.2 Å². The van der Waals surface area contributed by atoms with E-state index in [2.05, 4.69) is 10.3 Å². The van der Waals surface area contributed by atoms with E-state index in [9.17, 15) is 9.59 Å². The molecule has 1 aliphatic heterocycles. The maximum Gasteiger partial charge on any atom is 0.354 e. The van der Waals surface area contributed by atoms with Gasteiger partial charge in [-0.15, -0.1) is 0 Å². The van der Waals surface area contributed by atoms with Crippen LogP contribution in [0.1, 0.15) is 28.9 Å². The molecule has 0 unspecified atom stereocenters. The van der Waals surface area contributed by atoms with Gasteiger partial charge in [-0.1, -0.05) is 18.2 Å². The number of amides is 1. The summed E-state index contributed by atoms with van der Waals surface area (Å²) < 4.78 is 5.13. The van der Waals surface area contributed by atoms with Crippen molar-refractivity contribution in [1.29, 1.82) is 0 Å². The Bertz CT molecular complexity index is 799. The molecule has 0 saturated carbocycles. The second kappa shape index (κ2) is 8.53. The molecule has 0 atom stereocenters. The van der Waals surface area contributed by atoms with Gasteiger partial charge in [0.1, 0.15) is 11.6 Å². The summed E-state index contributed by atoms with van der Waals surface area (Å²) in [5.41, 5.74) is 1.06. The number of methoxy groups -OCH3 is 1. The molecular weight excluding hydrogens is 346 g/mol. The fourth-order valence-corrected chi connectivity index (χ4v) is 3.17. The Morgan fingerprint density at radius 3 is 2.52 bits per heavy atom. The van der Waals surface area contributed by atoms with E-state index in [0.29, 0.717) is 38.3 Å². The predicted molar refractivity (Wildman–Crippen MR) is 101 cm³/mol. The number of nitrogens with one attached hydrogen (secondary N) is 1.